The zero-order valence-corrected chi connectivity index (χ0v) is 8.97. The zero-order valence-electron chi connectivity index (χ0n) is 8.97. The van der Waals surface area contributed by atoms with Gasteiger partial charge in [-0.3, -0.25) is 9.59 Å². The molecule has 6 heteroatoms. The Labute approximate surface area is 92.4 Å². The van der Waals surface area contributed by atoms with Gasteiger partial charge in [-0.1, -0.05) is 12.1 Å². The molecule has 1 aromatic rings. The molecule has 1 aliphatic carbocycles. The first-order valence-corrected chi connectivity index (χ1v) is 5.33. The van der Waals surface area contributed by atoms with Crippen molar-refractivity contribution in [1.82, 2.24) is 15.5 Å². The molecule has 2 rings (SSSR count). The van der Waals surface area contributed by atoms with E-state index in [4.69, 9.17) is 4.52 Å². The molecule has 1 aliphatic rings. The highest BCUT2D eigenvalue weighted by molar-refractivity contribution is 5.97. The van der Waals surface area contributed by atoms with E-state index in [2.05, 4.69) is 15.5 Å². The van der Waals surface area contributed by atoms with E-state index in [0.29, 0.717) is 24.6 Å². The molecule has 1 amide bonds. The quantitative estimate of drug-likeness (QED) is 0.565. The summed E-state index contributed by atoms with van der Waals surface area (Å²) in [4.78, 5) is 26.2. The van der Waals surface area contributed by atoms with Crippen molar-refractivity contribution in [3.8, 4) is 0 Å². The lowest BCUT2D eigenvalue weighted by molar-refractivity contribution is -0.110. The van der Waals surface area contributed by atoms with Crippen LogP contribution in [0, 0.1) is 0 Å². The van der Waals surface area contributed by atoms with Crippen LogP contribution in [0.2, 0.25) is 0 Å². The standard InChI is InChI=1S/C10H13N3O3/c1-2-7(11-5-14)8(15)9-12-10(16-13-9)6-3-4-6/h5-7H,2-4H2,1H3,(H,11,14). The number of hydrogen-bond donors (Lipinski definition) is 1. The van der Waals surface area contributed by atoms with E-state index < -0.39 is 6.04 Å². The van der Waals surface area contributed by atoms with Crippen LogP contribution in [0.3, 0.4) is 0 Å². The maximum Gasteiger partial charge on any atom is 0.240 e. The van der Waals surface area contributed by atoms with Gasteiger partial charge in [-0.2, -0.15) is 4.98 Å². The number of amides is 1. The summed E-state index contributed by atoms with van der Waals surface area (Å²) in [5.41, 5.74) is 0. The Balaban J connectivity index is 2.08. The minimum Gasteiger partial charge on any atom is -0.348 e. The molecule has 1 aromatic heterocycles. The monoisotopic (exact) mass is 223 g/mol. The van der Waals surface area contributed by atoms with Crippen LogP contribution in [-0.4, -0.2) is 28.4 Å². The Morgan fingerprint density at radius 1 is 1.69 bits per heavy atom. The summed E-state index contributed by atoms with van der Waals surface area (Å²) in [6.45, 7) is 1.81. The number of ketones is 1. The van der Waals surface area contributed by atoms with Gasteiger partial charge in [0.15, 0.2) is 0 Å². The third-order valence-corrected chi connectivity index (χ3v) is 2.58. The fourth-order valence-electron chi connectivity index (χ4n) is 1.45. The van der Waals surface area contributed by atoms with E-state index in [9.17, 15) is 9.59 Å². The molecule has 1 fully saturated rings. The van der Waals surface area contributed by atoms with Crippen LogP contribution in [0.1, 0.15) is 48.6 Å². The summed E-state index contributed by atoms with van der Waals surface area (Å²) < 4.78 is 4.98. The average molecular weight is 223 g/mol. The van der Waals surface area contributed by atoms with Crippen molar-refractivity contribution in [2.75, 3.05) is 0 Å². The molecule has 0 spiro atoms. The molecule has 0 radical (unpaired) electrons. The van der Waals surface area contributed by atoms with E-state index >= 15 is 0 Å². The second kappa shape index (κ2) is 4.42. The first-order valence-electron chi connectivity index (χ1n) is 5.33. The average Bonchev–Trinajstić information content (AvgIpc) is 3.03. The van der Waals surface area contributed by atoms with E-state index in [1.807, 2.05) is 0 Å². The normalized spacial score (nSPS) is 16.8. The van der Waals surface area contributed by atoms with Gasteiger partial charge in [0.1, 0.15) is 0 Å². The van der Waals surface area contributed by atoms with Gasteiger partial charge in [-0.15, -0.1) is 0 Å². The summed E-state index contributed by atoms with van der Waals surface area (Å²) >= 11 is 0. The lowest BCUT2D eigenvalue weighted by atomic mass is 10.1. The van der Waals surface area contributed by atoms with Crippen LogP contribution >= 0.6 is 0 Å². The predicted molar refractivity (Wildman–Crippen MR) is 53.9 cm³/mol. The molecular weight excluding hydrogens is 210 g/mol. The van der Waals surface area contributed by atoms with Crippen molar-refractivity contribution in [1.29, 1.82) is 0 Å². The van der Waals surface area contributed by atoms with Gasteiger partial charge in [-0.25, -0.2) is 0 Å². The maximum absolute atomic E-state index is 11.8. The minimum absolute atomic E-state index is 0.0584. The molecule has 1 unspecified atom stereocenters. The summed E-state index contributed by atoms with van der Waals surface area (Å²) in [7, 11) is 0. The molecular formula is C10H13N3O3. The molecule has 86 valence electrons. The Morgan fingerprint density at radius 2 is 2.44 bits per heavy atom. The van der Waals surface area contributed by atoms with Gasteiger partial charge in [0.05, 0.1) is 6.04 Å². The van der Waals surface area contributed by atoms with Crippen LogP contribution in [0.25, 0.3) is 0 Å². The van der Waals surface area contributed by atoms with Gasteiger partial charge >= 0.3 is 0 Å². The Hall–Kier alpha value is -1.72. The largest absolute Gasteiger partial charge is 0.348 e. The number of nitrogens with zero attached hydrogens (tertiary/aromatic N) is 2. The van der Waals surface area contributed by atoms with Gasteiger partial charge in [-0.05, 0) is 19.3 Å². The van der Waals surface area contributed by atoms with E-state index in [0.717, 1.165) is 12.8 Å². The highest BCUT2D eigenvalue weighted by atomic mass is 16.5. The summed E-state index contributed by atoms with van der Waals surface area (Å²) in [5, 5.41) is 6.07. The molecule has 0 aliphatic heterocycles. The first kappa shape index (κ1) is 10.8. The smallest absolute Gasteiger partial charge is 0.240 e. The summed E-state index contributed by atoms with van der Waals surface area (Å²) in [6, 6.07) is -0.567. The molecule has 1 atom stereocenters. The van der Waals surface area contributed by atoms with Crippen LogP contribution in [-0.2, 0) is 4.79 Å². The van der Waals surface area contributed by atoms with Crippen LogP contribution in [0.5, 0.6) is 0 Å². The number of rotatable bonds is 6. The van der Waals surface area contributed by atoms with Crippen molar-refractivity contribution in [3.63, 3.8) is 0 Å². The molecule has 1 saturated carbocycles. The second-order valence-electron chi connectivity index (χ2n) is 3.84. The van der Waals surface area contributed by atoms with E-state index in [1.165, 1.54) is 0 Å². The molecule has 0 saturated heterocycles. The zero-order chi connectivity index (χ0) is 11.5. The van der Waals surface area contributed by atoms with Gasteiger partial charge < -0.3 is 9.84 Å². The Morgan fingerprint density at radius 3 is 3.00 bits per heavy atom. The second-order valence-corrected chi connectivity index (χ2v) is 3.84. The predicted octanol–water partition coefficient (Wildman–Crippen LogP) is 0.654. The number of Topliss-reactive ketones (excluding diaryl/α,β-unsaturated/α-hetero) is 1. The molecule has 1 N–H and O–H groups in total. The van der Waals surface area contributed by atoms with Crippen LogP contribution in [0.4, 0.5) is 0 Å². The third-order valence-electron chi connectivity index (χ3n) is 2.58. The highest BCUT2D eigenvalue weighted by Gasteiger charge is 2.31. The SMILES string of the molecule is CCC(NC=O)C(=O)c1noc(C2CC2)n1. The van der Waals surface area contributed by atoms with Crippen molar-refractivity contribution < 1.29 is 14.1 Å². The number of nitrogens with one attached hydrogen (secondary N) is 1. The fraction of sp³-hybridized carbons (Fsp3) is 0.600. The number of carbonyl (C=O) groups excluding carboxylic acids is 2. The van der Waals surface area contributed by atoms with E-state index in [1.54, 1.807) is 6.92 Å². The maximum atomic E-state index is 11.8. The summed E-state index contributed by atoms with van der Waals surface area (Å²) in [5.74, 6) is 0.616. The molecule has 16 heavy (non-hydrogen) atoms. The number of aromatic nitrogens is 2. The first-order chi connectivity index (χ1) is 7.76. The minimum atomic E-state index is -0.567. The topological polar surface area (TPSA) is 85.1 Å². The van der Waals surface area contributed by atoms with Crippen molar-refractivity contribution in [2.24, 2.45) is 0 Å². The molecule has 6 nitrogen and oxygen atoms in total. The lowest BCUT2D eigenvalue weighted by Gasteiger charge is -2.08. The van der Waals surface area contributed by atoms with Gasteiger partial charge in [0.25, 0.3) is 0 Å². The van der Waals surface area contributed by atoms with Crippen LogP contribution < -0.4 is 5.32 Å². The Bertz CT molecular complexity index is 398. The highest BCUT2D eigenvalue weighted by Crippen LogP contribution is 2.38. The van der Waals surface area contributed by atoms with Gasteiger partial charge in [0.2, 0.25) is 23.9 Å². The van der Waals surface area contributed by atoms with Crippen molar-refractivity contribution in [3.05, 3.63) is 11.7 Å². The lowest BCUT2D eigenvalue weighted by Crippen LogP contribution is -2.35. The summed E-state index contributed by atoms with van der Waals surface area (Å²) in [6.07, 6.45) is 3.10. The molecule has 1 heterocycles. The van der Waals surface area contributed by atoms with Crippen molar-refractivity contribution >= 4 is 12.2 Å². The molecule has 0 bridgehead atoms. The van der Waals surface area contributed by atoms with Crippen LogP contribution in [0.15, 0.2) is 4.52 Å². The molecule has 0 aromatic carbocycles. The Kier molecular flexibility index (Phi) is 2.98. The van der Waals surface area contributed by atoms with E-state index in [-0.39, 0.29) is 11.6 Å². The number of hydrogen-bond acceptors (Lipinski definition) is 5. The number of carbonyl (C=O) groups is 2. The third kappa shape index (κ3) is 2.10. The van der Waals surface area contributed by atoms with Gasteiger partial charge in [0, 0.05) is 5.92 Å². The van der Waals surface area contributed by atoms with Crippen molar-refractivity contribution in [2.45, 2.75) is 38.1 Å². The fourth-order valence-corrected chi connectivity index (χ4v) is 1.45.